The second-order valence-corrected chi connectivity index (χ2v) is 6.66. The maximum absolute atomic E-state index is 12.6. The third-order valence-electron chi connectivity index (χ3n) is 4.83. The summed E-state index contributed by atoms with van der Waals surface area (Å²) in [4.78, 5) is 32.1. The van der Waals surface area contributed by atoms with Crippen molar-refractivity contribution >= 4 is 11.8 Å². The molecule has 6 nitrogen and oxygen atoms in total. The Morgan fingerprint density at radius 3 is 2.75 bits per heavy atom. The van der Waals surface area contributed by atoms with Gasteiger partial charge < -0.3 is 14.5 Å². The summed E-state index contributed by atoms with van der Waals surface area (Å²) in [7, 11) is 0. The Labute approximate surface area is 142 Å². The number of ether oxygens (including phenoxy) is 1. The third kappa shape index (κ3) is 4.12. The molecule has 2 fully saturated rings. The molecule has 6 heteroatoms. The van der Waals surface area contributed by atoms with Crippen LogP contribution in [0.25, 0.3) is 0 Å². The van der Waals surface area contributed by atoms with Crippen molar-refractivity contribution in [3.8, 4) is 0 Å². The van der Waals surface area contributed by atoms with Crippen molar-refractivity contribution in [3.63, 3.8) is 0 Å². The molecule has 130 valence electrons. The molecule has 0 bridgehead atoms. The topological polar surface area (TPSA) is 62.7 Å². The van der Waals surface area contributed by atoms with Crippen LogP contribution in [0.15, 0.2) is 18.5 Å². The van der Waals surface area contributed by atoms with E-state index in [0.717, 1.165) is 37.9 Å². The van der Waals surface area contributed by atoms with Gasteiger partial charge >= 0.3 is 0 Å². The zero-order valence-electron chi connectivity index (χ0n) is 14.2. The quantitative estimate of drug-likeness (QED) is 0.839. The van der Waals surface area contributed by atoms with E-state index in [1.54, 1.807) is 13.1 Å². The molecule has 1 atom stereocenters. The Morgan fingerprint density at radius 2 is 2.00 bits per heavy atom. The van der Waals surface area contributed by atoms with Crippen LogP contribution >= 0.6 is 0 Å². The van der Waals surface area contributed by atoms with Gasteiger partial charge in [0, 0.05) is 45.5 Å². The molecule has 0 unspecified atom stereocenters. The molecular formula is C18H25N3O3. The molecule has 0 radical (unpaired) electrons. The minimum Gasteiger partial charge on any atom is -0.378 e. The molecule has 2 aliphatic rings. The van der Waals surface area contributed by atoms with Crippen molar-refractivity contribution in [1.29, 1.82) is 0 Å². The fraction of sp³-hybridized carbons (Fsp3) is 0.611. The number of piperidine rings is 1. The fourth-order valence-corrected chi connectivity index (χ4v) is 3.52. The van der Waals surface area contributed by atoms with Crippen molar-refractivity contribution in [3.05, 3.63) is 29.6 Å². The van der Waals surface area contributed by atoms with Gasteiger partial charge in [0.2, 0.25) is 5.91 Å². The van der Waals surface area contributed by atoms with Gasteiger partial charge in [-0.15, -0.1) is 0 Å². The van der Waals surface area contributed by atoms with Gasteiger partial charge in [0.05, 0.1) is 18.8 Å². The number of aromatic nitrogens is 1. The van der Waals surface area contributed by atoms with Gasteiger partial charge in [-0.05, 0) is 36.8 Å². The zero-order valence-corrected chi connectivity index (χ0v) is 14.2. The molecule has 2 aliphatic heterocycles. The highest BCUT2D eigenvalue weighted by molar-refractivity contribution is 5.94. The summed E-state index contributed by atoms with van der Waals surface area (Å²) >= 11 is 0. The summed E-state index contributed by atoms with van der Waals surface area (Å²) in [5.74, 6) is 0.619. The predicted molar refractivity (Wildman–Crippen MR) is 89.6 cm³/mol. The van der Waals surface area contributed by atoms with Crippen molar-refractivity contribution in [2.24, 2.45) is 5.92 Å². The average molecular weight is 331 g/mol. The SMILES string of the molecule is CC(=O)N1CCC[C@@H](Cc2cncc(C(=O)N3CCOCC3)c2)C1. The Kier molecular flexibility index (Phi) is 5.45. The summed E-state index contributed by atoms with van der Waals surface area (Å²) < 4.78 is 5.30. The molecule has 0 N–H and O–H groups in total. The molecule has 0 spiro atoms. The van der Waals surface area contributed by atoms with E-state index in [-0.39, 0.29) is 11.8 Å². The Bertz CT molecular complexity index is 599. The monoisotopic (exact) mass is 331 g/mol. The van der Waals surface area contributed by atoms with Crippen LogP contribution < -0.4 is 0 Å². The maximum Gasteiger partial charge on any atom is 0.255 e. The van der Waals surface area contributed by atoms with Gasteiger partial charge in [-0.25, -0.2) is 0 Å². The molecule has 0 aromatic carbocycles. The van der Waals surface area contributed by atoms with E-state index in [4.69, 9.17) is 4.74 Å². The number of carbonyl (C=O) groups excluding carboxylic acids is 2. The maximum atomic E-state index is 12.6. The number of likely N-dealkylation sites (tertiary alicyclic amines) is 1. The zero-order chi connectivity index (χ0) is 16.9. The molecule has 24 heavy (non-hydrogen) atoms. The van der Waals surface area contributed by atoms with E-state index in [0.29, 0.717) is 37.8 Å². The molecule has 0 saturated carbocycles. The minimum absolute atomic E-state index is 0.0293. The molecule has 2 amide bonds. The van der Waals surface area contributed by atoms with Crippen LogP contribution in [-0.4, -0.2) is 66.0 Å². The first-order chi connectivity index (χ1) is 11.6. The van der Waals surface area contributed by atoms with Gasteiger partial charge in [-0.1, -0.05) is 0 Å². The van der Waals surface area contributed by atoms with Gasteiger partial charge in [0.1, 0.15) is 0 Å². The van der Waals surface area contributed by atoms with Gasteiger partial charge in [0.25, 0.3) is 5.91 Å². The molecule has 3 rings (SSSR count). The number of nitrogens with zero attached hydrogens (tertiary/aromatic N) is 3. The summed E-state index contributed by atoms with van der Waals surface area (Å²) in [6.07, 6.45) is 6.50. The first-order valence-corrected chi connectivity index (χ1v) is 8.70. The molecule has 1 aromatic heterocycles. The van der Waals surface area contributed by atoms with Gasteiger partial charge in [0.15, 0.2) is 0 Å². The van der Waals surface area contributed by atoms with Crippen molar-refractivity contribution in [1.82, 2.24) is 14.8 Å². The highest BCUT2D eigenvalue weighted by Gasteiger charge is 2.23. The van der Waals surface area contributed by atoms with Crippen LogP contribution in [0.1, 0.15) is 35.7 Å². The standard InChI is InChI=1S/C18H25N3O3/c1-14(22)21-4-2-3-15(13-21)9-16-10-17(12-19-11-16)18(23)20-5-7-24-8-6-20/h10-12,15H,2-9,13H2,1H3/t15-/m0/s1. The van der Waals surface area contributed by atoms with E-state index >= 15 is 0 Å². The predicted octanol–water partition coefficient (Wildman–Crippen LogP) is 1.35. The minimum atomic E-state index is 0.0293. The second-order valence-electron chi connectivity index (χ2n) is 6.66. The molecule has 3 heterocycles. The number of carbonyl (C=O) groups is 2. The number of pyridine rings is 1. The van der Waals surface area contributed by atoms with Crippen LogP contribution in [-0.2, 0) is 16.0 Å². The molecule has 2 saturated heterocycles. The Hall–Kier alpha value is -1.95. The third-order valence-corrected chi connectivity index (χ3v) is 4.83. The lowest BCUT2D eigenvalue weighted by Gasteiger charge is -2.32. The second kappa shape index (κ2) is 7.75. The highest BCUT2D eigenvalue weighted by Crippen LogP contribution is 2.21. The Balaban J connectivity index is 1.64. The number of morpholine rings is 1. The largest absolute Gasteiger partial charge is 0.378 e. The first kappa shape index (κ1) is 16.9. The number of amides is 2. The fourth-order valence-electron chi connectivity index (χ4n) is 3.52. The lowest BCUT2D eigenvalue weighted by atomic mass is 9.91. The lowest BCUT2D eigenvalue weighted by Crippen LogP contribution is -2.40. The molecule has 1 aromatic rings. The summed E-state index contributed by atoms with van der Waals surface area (Å²) in [5, 5.41) is 0. The van der Waals surface area contributed by atoms with E-state index in [1.807, 2.05) is 22.1 Å². The van der Waals surface area contributed by atoms with Crippen LogP contribution in [0.5, 0.6) is 0 Å². The van der Waals surface area contributed by atoms with Crippen LogP contribution in [0.4, 0.5) is 0 Å². The number of hydrogen-bond acceptors (Lipinski definition) is 4. The van der Waals surface area contributed by atoms with E-state index in [9.17, 15) is 9.59 Å². The molecule has 0 aliphatic carbocycles. The van der Waals surface area contributed by atoms with E-state index in [2.05, 4.69) is 4.98 Å². The first-order valence-electron chi connectivity index (χ1n) is 8.70. The smallest absolute Gasteiger partial charge is 0.255 e. The normalized spacial score (nSPS) is 21.6. The van der Waals surface area contributed by atoms with Gasteiger partial charge in [-0.3, -0.25) is 14.6 Å². The van der Waals surface area contributed by atoms with Crippen LogP contribution in [0.3, 0.4) is 0 Å². The van der Waals surface area contributed by atoms with Crippen molar-refractivity contribution in [2.45, 2.75) is 26.2 Å². The van der Waals surface area contributed by atoms with Crippen molar-refractivity contribution < 1.29 is 14.3 Å². The van der Waals surface area contributed by atoms with Crippen LogP contribution in [0, 0.1) is 5.92 Å². The van der Waals surface area contributed by atoms with Crippen LogP contribution in [0.2, 0.25) is 0 Å². The summed E-state index contributed by atoms with van der Waals surface area (Å²) in [6.45, 7) is 5.77. The van der Waals surface area contributed by atoms with E-state index in [1.165, 1.54) is 0 Å². The van der Waals surface area contributed by atoms with Crippen molar-refractivity contribution in [2.75, 3.05) is 39.4 Å². The number of hydrogen-bond donors (Lipinski definition) is 0. The number of rotatable bonds is 3. The summed E-state index contributed by atoms with van der Waals surface area (Å²) in [5.41, 5.74) is 1.72. The lowest BCUT2D eigenvalue weighted by molar-refractivity contribution is -0.130. The average Bonchev–Trinajstić information content (AvgIpc) is 2.62. The van der Waals surface area contributed by atoms with Gasteiger partial charge in [-0.2, -0.15) is 0 Å². The van der Waals surface area contributed by atoms with E-state index < -0.39 is 0 Å². The Morgan fingerprint density at radius 1 is 1.21 bits per heavy atom. The molecular weight excluding hydrogens is 306 g/mol. The highest BCUT2D eigenvalue weighted by atomic mass is 16.5. The summed E-state index contributed by atoms with van der Waals surface area (Å²) in [6, 6.07) is 1.96.